The van der Waals surface area contributed by atoms with Crippen LogP contribution in [0, 0.1) is 5.92 Å². The van der Waals surface area contributed by atoms with Crippen LogP contribution in [0.5, 0.6) is 0 Å². The molecular weight excluding hydrogens is 392 g/mol. The van der Waals surface area contributed by atoms with Crippen LogP contribution >= 0.6 is 0 Å². The highest BCUT2D eigenvalue weighted by Crippen LogP contribution is 2.37. The molecule has 0 spiro atoms. The molecule has 1 unspecified atom stereocenters. The molecule has 1 saturated carbocycles. The van der Waals surface area contributed by atoms with Crippen molar-refractivity contribution in [1.29, 1.82) is 0 Å². The summed E-state index contributed by atoms with van der Waals surface area (Å²) >= 11 is 0. The summed E-state index contributed by atoms with van der Waals surface area (Å²) < 4.78 is 5.74. The monoisotopic (exact) mass is 418 g/mol. The highest BCUT2D eigenvalue weighted by Gasteiger charge is 2.35. The fourth-order valence-electron chi connectivity index (χ4n) is 4.61. The molecule has 2 aromatic heterocycles. The first-order valence-corrected chi connectivity index (χ1v) is 11.1. The molecule has 0 radical (unpaired) electrons. The molecular formula is C23H26N6O2. The third-order valence-corrected chi connectivity index (χ3v) is 6.48. The van der Waals surface area contributed by atoms with Crippen LogP contribution in [-0.2, 0) is 9.53 Å². The summed E-state index contributed by atoms with van der Waals surface area (Å²) in [7, 11) is 0. The normalized spacial score (nSPS) is 20.5. The van der Waals surface area contributed by atoms with Crippen molar-refractivity contribution in [2.45, 2.75) is 18.9 Å². The van der Waals surface area contributed by atoms with Gasteiger partial charge < -0.3 is 24.8 Å². The molecule has 0 bridgehead atoms. The standard InChI is InChI=1S/C23H26N6O2/c30-21(25-10-15-4-5-15)13-28-12-16-14-31-9-8-29(16)23-20(28)11-26-22(27-23)18-2-1-3-19-17(18)6-7-24-19/h1-3,6-7,11,15-16,24H,4-5,8-10,12-14H2,(H,25,30). The first-order valence-electron chi connectivity index (χ1n) is 11.1. The Bertz CT molecular complexity index is 1120. The Morgan fingerprint density at radius 1 is 1.29 bits per heavy atom. The van der Waals surface area contributed by atoms with Crippen LogP contribution in [0.15, 0.2) is 36.7 Å². The fraction of sp³-hybridized carbons (Fsp3) is 0.435. The zero-order valence-electron chi connectivity index (χ0n) is 17.4. The van der Waals surface area contributed by atoms with Crippen LogP contribution in [0.1, 0.15) is 12.8 Å². The number of nitrogens with zero attached hydrogens (tertiary/aromatic N) is 4. The summed E-state index contributed by atoms with van der Waals surface area (Å²) in [6, 6.07) is 8.37. The van der Waals surface area contributed by atoms with Gasteiger partial charge in [-0.2, -0.15) is 0 Å². The van der Waals surface area contributed by atoms with Crippen molar-refractivity contribution < 1.29 is 9.53 Å². The molecule has 1 amide bonds. The molecule has 2 aliphatic heterocycles. The number of rotatable bonds is 5. The number of nitrogens with one attached hydrogen (secondary N) is 2. The predicted molar refractivity (Wildman–Crippen MR) is 119 cm³/mol. The largest absolute Gasteiger partial charge is 0.377 e. The Labute approximate surface area is 180 Å². The topological polar surface area (TPSA) is 86.4 Å². The number of carbonyl (C=O) groups excluding carboxylic acids is 1. The lowest BCUT2D eigenvalue weighted by Gasteiger charge is -2.45. The molecule has 8 nitrogen and oxygen atoms in total. The minimum atomic E-state index is 0.0594. The van der Waals surface area contributed by atoms with Crippen molar-refractivity contribution in [2.24, 2.45) is 5.92 Å². The summed E-state index contributed by atoms with van der Waals surface area (Å²) in [4.78, 5) is 30.0. The van der Waals surface area contributed by atoms with E-state index in [1.54, 1.807) is 0 Å². The number of ether oxygens (including phenoxy) is 1. The van der Waals surface area contributed by atoms with Crippen LogP contribution in [0.25, 0.3) is 22.3 Å². The number of anilines is 2. The van der Waals surface area contributed by atoms with Gasteiger partial charge in [-0.05, 0) is 30.9 Å². The Kier molecular flexibility index (Phi) is 4.52. The summed E-state index contributed by atoms with van der Waals surface area (Å²) in [5, 5.41) is 4.18. The fourth-order valence-corrected chi connectivity index (χ4v) is 4.61. The van der Waals surface area contributed by atoms with Gasteiger partial charge in [-0.25, -0.2) is 9.97 Å². The summed E-state index contributed by atoms with van der Waals surface area (Å²) in [6.07, 6.45) is 6.27. The van der Waals surface area contributed by atoms with Crippen molar-refractivity contribution in [3.05, 3.63) is 36.7 Å². The van der Waals surface area contributed by atoms with E-state index in [9.17, 15) is 4.79 Å². The maximum Gasteiger partial charge on any atom is 0.239 e. The molecule has 2 fully saturated rings. The molecule has 1 atom stereocenters. The number of hydrogen-bond donors (Lipinski definition) is 2. The molecule has 31 heavy (non-hydrogen) atoms. The number of aromatic nitrogens is 3. The van der Waals surface area contributed by atoms with Crippen LogP contribution in [-0.4, -0.2) is 66.3 Å². The van der Waals surface area contributed by atoms with Gasteiger partial charge in [0.15, 0.2) is 11.6 Å². The number of amides is 1. The van der Waals surface area contributed by atoms with Crippen LogP contribution < -0.4 is 15.1 Å². The Hall–Kier alpha value is -3.13. The van der Waals surface area contributed by atoms with Gasteiger partial charge in [-0.1, -0.05) is 12.1 Å². The smallest absolute Gasteiger partial charge is 0.239 e. The lowest BCUT2D eigenvalue weighted by molar-refractivity contribution is -0.119. The third-order valence-electron chi connectivity index (χ3n) is 6.48. The van der Waals surface area contributed by atoms with Gasteiger partial charge in [0.05, 0.1) is 37.7 Å². The molecule has 160 valence electrons. The van der Waals surface area contributed by atoms with E-state index in [4.69, 9.17) is 14.7 Å². The Balaban J connectivity index is 1.35. The molecule has 1 aromatic carbocycles. The Morgan fingerprint density at radius 3 is 3.13 bits per heavy atom. The molecule has 1 aliphatic carbocycles. The average molecular weight is 419 g/mol. The number of morpholine rings is 1. The minimum absolute atomic E-state index is 0.0594. The number of benzene rings is 1. The number of H-pyrrole nitrogens is 1. The van der Waals surface area contributed by atoms with E-state index in [0.29, 0.717) is 31.5 Å². The summed E-state index contributed by atoms with van der Waals surface area (Å²) in [6.45, 7) is 3.97. The van der Waals surface area contributed by atoms with Crippen LogP contribution in [0.2, 0.25) is 0 Å². The van der Waals surface area contributed by atoms with Gasteiger partial charge >= 0.3 is 0 Å². The van der Waals surface area contributed by atoms with E-state index >= 15 is 0 Å². The average Bonchev–Trinajstić information content (AvgIpc) is 3.51. The Morgan fingerprint density at radius 2 is 2.23 bits per heavy atom. The van der Waals surface area contributed by atoms with Gasteiger partial charge in [-0.15, -0.1) is 0 Å². The second-order valence-electron chi connectivity index (χ2n) is 8.70. The predicted octanol–water partition coefficient (Wildman–Crippen LogP) is 2.18. The highest BCUT2D eigenvalue weighted by molar-refractivity contribution is 5.94. The quantitative estimate of drug-likeness (QED) is 0.661. The van der Waals surface area contributed by atoms with E-state index in [2.05, 4.69) is 38.3 Å². The van der Waals surface area contributed by atoms with Crippen molar-refractivity contribution in [2.75, 3.05) is 49.2 Å². The van der Waals surface area contributed by atoms with Crippen LogP contribution in [0.3, 0.4) is 0 Å². The zero-order chi connectivity index (χ0) is 20.8. The maximum absolute atomic E-state index is 12.6. The summed E-state index contributed by atoms with van der Waals surface area (Å²) in [5.74, 6) is 2.33. The second-order valence-corrected chi connectivity index (χ2v) is 8.70. The van der Waals surface area contributed by atoms with E-state index in [0.717, 1.165) is 47.6 Å². The zero-order valence-corrected chi connectivity index (χ0v) is 17.4. The molecule has 1 saturated heterocycles. The van der Waals surface area contributed by atoms with Gasteiger partial charge in [0.1, 0.15) is 0 Å². The maximum atomic E-state index is 12.6. The lowest BCUT2D eigenvalue weighted by atomic mass is 10.1. The van der Waals surface area contributed by atoms with Gasteiger partial charge in [0.25, 0.3) is 0 Å². The minimum Gasteiger partial charge on any atom is -0.377 e. The highest BCUT2D eigenvalue weighted by atomic mass is 16.5. The lowest BCUT2D eigenvalue weighted by Crippen LogP contribution is -2.57. The van der Waals surface area contributed by atoms with Crippen molar-refractivity contribution in [3.8, 4) is 11.4 Å². The number of hydrogen-bond acceptors (Lipinski definition) is 6. The van der Waals surface area contributed by atoms with Crippen LogP contribution in [0.4, 0.5) is 11.5 Å². The van der Waals surface area contributed by atoms with E-state index in [1.165, 1.54) is 12.8 Å². The first kappa shape index (κ1) is 18.6. The number of aromatic amines is 1. The first-order chi connectivity index (χ1) is 15.3. The molecule has 6 rings (SSSR count). The molecule has 2 N–H and O–H groups in total. The van der Waals surface area contributed by atoms with E-state index < -0.39 is 0 Å². The second kappa shape index (κ2) is 7.53. The molecule has 3 aromatic rings. The van der Waals surface area contributed by atoms with Gasteiger partial charge in [-0.3, -0.25) is 4.79 Å². The van der Waals surface area contributed by atoms with E-state index in [-0.39, 0.29) is 11.9 Å². The van der Waals surface area contributed by atoms with Crippen molar-refractivity contribution in [3.63, 3.8) is 0 Å². The van der Waals surface area contributed by atoms with Gasteiger partial charge in [0.2, 0.25) is 5.91 Å². The third kappa shape index (κ3) is 3.50. The van der Waals surface area contributed by atoms with E-state index in [1.807, 2.05) is 18.5 Å². The number of fused-ring (bicyclic) bond motifs is 4. The number of carbonyl (C=O) groups is 1. The van der Waals surface area contributed by atoms with Gasteiger partial charge in [0, 0.05) is 42.3 Å². The van der Waals surface area contributed by atoms with Crippen molar-refractivity contribution >= 4 is 28.3 Å². The molecule has 8 heteroatoms. The van der Waals surface area contributed by atoms with Crippen molar-refractivity contribution in [1.82, 2.24) is 20.3 Å². The SMILES string of the molecule is O=C(CN1CC2COCCN2c2nc(-c3cccc4[nH]ccc34)ncc21)NCC1CC1. The molecule has 3 aliphatic rings. The summed E-state index contributed by atoms with van der Waals surface area (Å²) in [5.41, 5.74) is 2.99. The molecule has 4 heterocycles.